The Morgan fingerprint density at radius 2 is 2.10 bits per heavy atom. The molecule has 1 N–H and O–H groups in total. The van der Waals surface area contributed by atoms with Gasteiger partial charge in [-0.2, -0.15) is 0 Å². The van der Waals surface area contributed by atoms with Gasteiger partial charge in [0.25, 0.3) is 5.91 Å². The highest BCUT2D eigenvalue weighted by molar-refractivity contribution is 6.16. The molecule has 1 fully saturated rings. The predicted octanol–water partition coefficient (Wildman–Crippen LogP) is 0.476. The Labute approximate surface area is 170 Å². The SMILES string of the molecule is Cc1ncc(CN(C=O)c2cccc3c2C(=O)N(C2CCC(=O)NC2=O)C(=O)C3)o1. The van der Waals surface area contributed by atoms with Gasteiger partial charge in [0, 0.05) is 13.3 Å². The third-order valence-electron chi connectivity index (χ3n) is 5.13. The van der Waals surface area contributed by atoms with E-state index in [0.29, 0.717) is 29.3 Å². The number of fused-ring (bicyclic) bond motifs is 1. The van der Waals surface area contributed by atoms with Crippen LogP contribution in [0.3, 0.4) is 0 Å². The number of rotatable bonds is 5. The molecule has 1 aromatic heterocycles. The van der Waals surface area contributed by atoms with E-state index < -0.39 is 29.7 Å². The molecule has 2 aliphatic heterocycles. The number of nitrogens with one attached hydrogen (secondary N) is 1. The maximum absolute atomic E-state index is 13.3. The first kappa shape index (κ1) is 19.5. The van der Waals surface area contributed by atoms with Crippen LogP contribution in [0.4, 0.5) is 5.69 Å². The molecule has 1 unspecified atom stereocenters. The van der Waals surface area contributed by atoms with E-state index >= 15 is 0 Å². The van der Waals surface area contributed by atoms with Crippen LogP contribution in [0.5, 0.6) is 0 Å². The predicted molar refractivity (Wildman–Crippen MR) is 101 cm³/mol. The summed E-state index contributed by atoms with van der Waals surface area (Å²) in [4.78, 5) is 67.7. The van der Waals surface area contributed by atoms with Crippen LogP contribution >= 0.6 is 0 Å². The van der Waals surface area contributed by atoms with Gasteiger partial charge in [-0.15, -0.1) is 0 Å². The lowest BCUT2D eigenvalue weighted by molar-refractivity contribution is -0.143. The number of carbonyl (C=O) groups is 5. The van der Waals surface area contributed by atoms with Crippen molar-refractivity contribution in [1.29, 1.82) is 0 Å². The normalized spacial score (nSPS) is 18.8. The number of oxazole rings is 1. The van der Waals surface area contributed by atoms with Gasteiger partial charge in [-0.3, -0.25) is 34.2 Å². The summed E-state index contributed by atoms with van der Waals surface area (Å²) in [6.07, 6.45) is 2.05. The van der Waals surface area contributed by atoms with Crippen molar-refractivity contribution in [3.63, 3.8) is 0 Å². The number of benzene rings is 1. The van der Waals surface area contributed by atoms with Gasteiger partial charge in [-0.25, -0.2) is 4.98 Å². The number of aryl methyl sites for hydroxylation is 1. The fraction of sp³-hybridized carbons (Fsp3) is 0.300. The van der Waals surface area contributed by atoms with E-state index in [1.807, 2.05) is 0 Å². The Hall–Kier alpha value is -3.82. The summed E-state index contributed by atoms with van der Waals surface area (Å²) in [5.74, 6) is -1.45. The number of aromatic nitrogens is 1. The highest BCUT2D eigenvalue weighted by Crippen LogP contribution is 2.32. The Kier molecular flexibility index (Phi) is 4.90. The second-order valence-corrected chi connectivity index (χ2v) is 7.10. The molecule has 0 spiro atoms. The van der Waals surface area contributed by atoms with E-state index in [9.17, 15) is 24.0 Å². The molecule has 4 rings (SSSR count). The fourth-order valence-corrected chi connectivity index (χ4v) is 3.77. The summed E-state index contributed by atoms with van der Waals surface area (Å²) in [6, 6.07) is 3.81. The van der Waals surface area contributed by atoms with Crippen LogP contribution < -0.4 is 10.2 Å². The minimum Gasteiger partial charge on any atom is -0.444 e. The molecule has 10 heteroatoms. The molecule has 154 valence electrons. The van der Waals surface area contributed by atoms with Crippen molar-refractivity contribution in [3.8, 4) is 0 Å². The maximum atomic E-state index is 13.3. The van der Waals surface area contributed by atoms with Crippen LogP contribution in [-0.2, 0) is 32.1 Å². The Morgan fingerprint density at radius 3 is 2.77 bits per heavy atom. The van der Waals surface area contributed by atoms with Gasteiger partial charge >= 0.3 is 0 Å². The number of hydrogen-bond donors (Lipinski definition) is 1. The molecule has 5 amide bonds. The number of nitrogens with zero attached hydrogens (tertiary/aromatic N) is 3. The minimum absolute atomic E-state index is 0.0350. The summed E-state index contributed by atoms with van der Waals surface area (Å²) >= 11 is 0. The Bertz CT molecular complexity index is 1070. The quantitative estimate of drug-likeness (QED) is 0.560. The van der Waals surface area contributed by atoms with Crippen LogP contribution in [0.2, 0.25) is 0 Å². The van der Waals surface area contributed by atoms with E-state index in [1.165, 1.54) is 11.1 Å². The van der Waals surface area contributed by atoms with Crippen molar-refractivity contribution in [2.45, 2.75) is 38.8 Å². The van der Waals surface area contributed by atoms with E-state index in [1.54, 1.807) is 25.1 Å². The first-order chi connectivity index (χ1) is 14.4. The highest BCUT2D eigenvalue weighted by atomic mass is 16.4. The number of piperidine rings is 1. The van der Waals surface area contributed by atoms with Crippen LogP contribution in [-0.4, -0.2) is 46.0 Å². The Balaban J connectivity index is 1.71. The Morgan fingerprint density at radius 1 is 1.30 bits per heavy atom. The monoisotopic (exact) mass is 410 g/mol. The van der Waals surface area contributed by atoms with Crippen molar-refractivity contribution < 1.29 is 28.4 Å². The standard InChI is InChI=1S/C20H18N4O6/c1-11-21-8-13(30-11)9-23(10-25)14-4-2-3-12-7-17(27)24(20(29)18(12)14)15-5-6-16(26)22-19(15)28/h2-4,8,10,15H,5-7,9H2,1H3,(H,22,26,28). The third-order valence-corrected chi connectivity index (χ3v) is 5.13. The van der Waals surface area contributed by atoms with Crippen molar-refractivity contribution in [3.05, 3.63) is 47.2 Å². The van der Waals surface area contributed by atoms with Gasteiger partial charge in [0.05, 0.1) is 30.4 Å². The molecule has 0 radical (unpaired) electrons. The molecule has 0 bridgehead atoms. The average molecular weight is 410 g/mol. The summed E-state index contributed by atoms with van der Waals surface area (Å²) in [7, 11) is 0. The maximum Gasteiger partial charge on any atom is 0.263 e. The molecule has 1 aromatic carbocycles. The molecular weight excluding hydrogens is 392 g/mol. The van der Waals surface area contributed by atoms with Crippen molar-refractivity contribution in [1.82, 2.24) is 15.2 Å². The van der Waals surface area contributed by atoms with E-state index in [-0.39, 0.29) is 31.4 Å². The molecule has 2 aliphatic rings. The first-order valence-electron chi connectivity index (χ1n) is 9.34. The molecular formula is C20H18N4O6. The molecule has 1 saturated heterocycles. The molecule has 3 heterocycles. The number of anilines is 1. The number of imide groups is 2. The van der Waals surface area contributed by atoms with Gasteiger partial charge in [-0.1, -0.05) is 12.1 Å². The van der Waals surface area contributed by atoms with Gasteiger partial charge < -0.3 is 9.32 Å². The van der Waals surface area contributed by atoms with Crippen LogP contribution in [0, 0.1) is 6.92 Å². The zero-order valence-electron chi connectivity index (χ0n) is 16.1. The topological polar surface area (TPSA) is 130 Å². The summed E-state index contributed by atoms with van der Waals surface area (Å²) in [6.45, 7) is 1.71. The van der Waals surface area contributed by atoms with Gasteiger partial charge in [-0.05, 0) is 18.1 Å². The zero-order valence-corrected chi connectivity index (χ0v) is 16.1. The molecule has 1 atom stereocenters. The van der Waals surface area contributed by atoms with Crippen LogP contribution in [0.1, 0.15) is 40.4 Å². The lowest BCUT2D eigenvalue weighted by Crippen LogP contribution is -2.58. The zero-order chi connectivity index (χ0) is 21.4. The van der Waals surface area contributed by atoms with Gasteiger partial charge in [0.1, 0.15) is 11.8 Å². The summed E-state index contributed by atoms with van der Waals surface area (Å²) in [5, 5.41) is 2.17. The minimum atomic E-state index is -1.06. The summed E-state index contributed by atoms with van der Waals surface area (Å²) in [5.41, 5.74) is 0.933. The molecule has 0 saturated carbocycles. The lowest BCUT2D eigenvalue weighted by atomic mass is 9.93. The largest absolute Gasteiger partial charge is 0.444 e. The molecule has 2 aromatic rings. The lowest BCUT2D eigenvalue weighted by Gasteiger charge is -2.35. The van der Waals surface area contributed by atoms with E-state index in [2.05, 4.69) is 10.3 Å². The van der Waals surface area contributed by atoms with Crippen molar-refractivity contribution in [2.24, 2.45) is 0 Å². The van der Waals surface area contributed by atoms with Crippen molar-refractivity contribution >= 4 is 35.7 Å². The molecule has 0 aliphatic carbocycles. The molecule has 30 heavy (non-hydrogen) atoms. The molecule has 10 nitrogen and oxygen atoms in total. The summed E-state index contributed by atoms with van der Waals surface area (Å²) < 4.78 is 5.42. The number of hydrogen-bond acceptors (Lipinski definition) is 7. The second kappa shape index (κ2) is 7.54. The van der Waals surface area contributed by atoms with Crippen molar-refractivity contribution in [2.75, 3.05) is 4.90 Å². The fourth-order valence-electron chi connectivity index (χ4n) is 3.77. The second-order valence-electron chi connectivity index (χ2n) is 7.10. The van der Waals surface area contributed by atoms with Crippen LogP contribution in [0.15, 0.2) is 28.8 Å². The number of amides is 5. The average Bonchev–Trinajstić information content (AvgIpc) is 3.12. The highest BCUT2D eigenvalue weighted by Gasteiger charge is 2.42. The van der Waals surface area contributed by atoms with Crippen LogP contribution in [0.25, 0.3) is 0 Å². The van der Waals surface area contributed by atoms with E-state index in [4.69, 9.17) is 4.42 Å². The van der Waals surface area contributed by atoms with E-state index in [0.717, 1.165) is 4.90 Å². The third kappa shape index (κ3) is 3.36. The number of carbonyl (C=O) groups excluding carboxylic acids is 5. The van der Waals surface area contributed by atoms with Gasteiger partial charge in [0.2, 0.25) is 24.1 Å². The first-order valence-corrected chi connectivity index (χ1v) is 9.34. The smallest absolute Gasteiger partial charge is 0.263 e. The van der Waals surface area contributed by atoms with Gasteiger partial charge in [0.15, 0.2) is 5.89 Å².